The first-order valence-corrected chi connectivity index (χ1v) is 4.85. The van der Waals surface area contributed by atoms with Gasteiger partial charge in [0, 0.05) is 21.9 Å². The second-order valence-electron chi connectivity index (χ2n) is 1.95. The summed E-state index contributed by atoms with van der Waals surface area (Å²) in [6, 6.07) is 3.60. The number of hydrogen-bond acceptors (Lipinski definition) is 3. The lowest BCUT2D eigenvalue weighted by Gasteiger charge is -1.94. The molecule has 0 spiro atoms. The number of nitriles is 1. The van der Waals surface area contributed by atoms with Crippen molar-refractivity contribution >= 4 is 38.2 Å². The van der Waals surface area contributed by atoms with Crippen LogP contribution >= 0.6 is 27.3 Å². The van der Waals surface area contributed by atoms with Crippen molar-refractivity contribution in [1.29, 1.82) is 5.26 Å². The molecule has 1 N–H and O–H groups in total. The molecule has 5 heteroatoms. The highest BCUT2D eigenvalue weighted by molar-refractivity contribution is 9.12. The standard InChI is InChI=1S/C8H3BrN2OS/c9-3-1-7(12)11-8-6(5-10)2-4-13-8/h2,4H,(H,11,12). The van der Waals surface area contributed by atoms with Crippen LogP contribution in [0.1, 0.15) is 5.56 Å². The summed E-state index contributed by atoms with van der Waals surface area (Å²) in [5.41, 5.74) is 0.453. The van der Waals surface area contributed by atoms with Gasteiger partial charge < -0.3 is 5.32 Å². The van der Waals surface area contributed by atoms with Crippen molar-refractivity contribution < 1.29 is 4.79 Å². The van der Waals surface area contributed by atoms with E-state index in [9.17, 15) is 4.79 Å². The number of carbonyl (C=O) groups is 1. The zero-order valence-corrected chi connectivity index (χ0v) is 8.70. The first-order chi connectivity index (χ1) is 6.27. The van der Waals surface area contributed by atoms with Crippen LogP contribution in [0, 0.1) is 22.1 Å². The topological polar surface area (TPSA) is 52.9 Å². The molecular weight excluding hydrogens is 252 g/mol. The summed E-state index contributed by atoms with van der Waals surface area (Å²) in [7, 11) is 0. The summed E-state index contributed by atoms with van der Waals surface area (Å²) < 4.78 is 0. The summed E-state index contributed by atoms with van der Waals surface area (Å²) in [6.07, 6.45) is 0. The maximum absolute atomic E-state index is 11.0. The average molecular weight is 255 g/mol. The van der Waals surface area contributed by atoms with E-state index in [2.05, 4.69) is 32.0 Å². The molecule has 0 aliphatic heterocycles. The molecule has 0 saturated heterocycles. The van der Waals surface area contributed by atoms with E-state index >= 15 is 0 Å². The van der Waals surface area contributed by atoms with E-state index in [1.807, 2.05) is 6.07 Å². The van der Waals surface area contributed by atoms with E-state index in [1.54, 1.807) is 11.4 Å². The van der Waals surface area contributed by atoms with Crippen molar-refractivity contribution in [2.45, 2.75) is 0 Å². The van der Waals surface area contributed by atoms with Gasteiger partial charge >= 0.3 is 5.91 Å². The molecular formula is C8H3BrN2OS. The molecule has 1 rings (SSSR count). The van der Waals surface area contributed by atoms with Crippen molar-refractivity contribution in [3.05, 3.63) is 17.0 Å². The second kappa shape index (κ2) is 4.66. The number of nitrogens with zero attached hydrogens (tertiary/aromatic N) is 1. The number of halogens is 1. The monoisotopic (exact) mass is 254 g/mol. The molecule has 1 aromatic heterocycles. The number of rotatable bonds is 1. The zero-order chi connectivity index (χ0) is 9.68. The fraction of sp³-hybridized carbons (Fsp3) is 0. The first kappa shape index (κ1) is 9.79. The molecule has 0 unspecified atom stereocenters. The average Bonchev–Trinajstić information content (AvgIpc) is 2.52. The Balaban J connectivity index is 2.79. The fourth-order valence-electron chi connectivity index (χ4n) is 0.671. The van der Waals surface area contributed by atoms with Crippen LogP contribution in [-0.4, -0.2) is 5.91 Å². The Kier molecular flexibility index (Phi) is 3.51. The Morgan fingerprint density at radius 3 is 3.08 bits per heavy atom. The van der Waals surface area contributed by atoms with Crippen molar-refractivity contribution in [3.8, 4) is 16.8 Å². The molecule has 3 nitrogen and oxygen atoms in total. The number of thiophene rings is 1. The van der Waals surface area contributed by atoms with Crippen LogP contribution < -0.4 is 5.32 Å². The molecule has 0 fully saturated rings. The number of amides is 1. The maximum Gasteiger partial charge on any atom is 0.301 e. The van der Waals surface area contributed by atoms with Gasteiger partial charge in [-0.15, -0.1) is 11.3 Å². The van der Waals surface area contributed by atoms with Gasteiger partial charge in [-0.25, -0.2) is 0 Å². The highest BCUT2D eigenvalue weighted by atomic mass is 79.9. The quantitative estimate of drug-likeness (QED) is 0.779. The molecule has 1 heterocycles. The third-order valence-corrected chi connectivity index (χ3v) is 2.20. The highest BCUT2D eigenvalue weighted by Gasteiger charge is 2.05. The Hall–Kier alpha value is -1.30. The molecule has 0 bridgehead atoms. The van der Waals surface area contributed by atoms with E-state index in [1.165, 1.54) is 11.3 Å². The molecule has 1 aromatic rings. The minimum Gasteiger partial charge on any atom is -0.306 e. The van der Waals surface area contributed by atoms with Crippen LogP contribution in [-0.2, 0) is 4.79 Å². The predicted molar refractivity (Wildman–Crippen MR) is 54.4 cm³/mol. The minimum absolute atomic E-state index is 0.434. The Labute approximate surface area is 87.5 Å². The lowest BCUT2D eigenvalue weighted by molar-refractivity contribution is -0.111. The van der Waals surface area contributed by atoms with Gasteiger partial charge in [0.1, 0.15) is 11.1 Å². The predicted octanol–water partition coefficient (Wildman–Crippen LogP) is 1.91. The molecule has 13 heavy (non-hydrogen) atoms. The minimum atomic E-state index is -0.434. The third kappa shape index (κ3) is 2.59. The SMILES string of the molecule is N#Cc1ccsc1NC(=O)C#CBr. The van der Waals surface area contributed by atoms with Crippen LogP contribution in [0.3, 0.4) is 0 Å². The molecule has 0 aliphatic carbocycles. The van der Waals surface area contributed by atoms with Crippen LogP contribution in [0.5, 0.6) is 0 Å². The van der Waals surface area contributed by atoms with Crippen LogP contribution in [0.4, 0.5) is 5.00 Å². The second-order valence-corrected chi connectivity index (χ2v) is 3.26. The van der Waals surface area contributed by atoms with E-state index in [0.29, 0.717) is 10.6 Å². The van der Waals surface area contributed by atoms with Crippen molar-refractivity contribution in [3.63, 3.8) is 0 Å². The van der Waals surface area contributed by atoms with Crippen LogP contribution in [0.25, 0.3) is 0 Å². The molecule has 64 valence electrons. The lowest BCUT2D eigenvalue weighted by Crippen LogP contribution is -2.07. The largest absolute Gasteiger partial charge is 0.306 e. The van der Waals surface area contributed by atoms with Gasteiger partial charge in [-0.3, -0.25) is 4.79 Å². The van der Waals surface area contributed by atoms with E-state index in [4.69, 9.17) is 5.26 Å². The number of nitrogens with one attached hydrogen (secondary N) is 1. The van der Waals surface area contributed by atoms with Gasteiger partial charge in [-0.2, -0.15) is 5.26 Å². The van der Waals surface area contributed by atoms with Gasteiger partial charge in [0.05, 0.1) is 5.56 Å². The molecule has 0 atom stereocenters. The summed E-state index contributed by atoms with van der Waals surface area (Å²) >= 11 is 4.10. The fourth-order valence-corrected chi connectivity index (χ4v) is 1.58. The van der Waals surface area contributed by atoms with Crippen molar-refractivity contribution in [2.75, 3.05) is 5.32 Å². The summed E-state index contributed by atoms with van der Waals surface area (Å²) in [5.74, 6) is 1.81. The molecule has 0 radical (unpaired) electrons. The lowest BCUT2D eigenvalue weighted by atomic mass is 10.3. The zero-order valence-electron chi connectivity index (χ0n) is 6.30. The van der Waals surface area contributed by atoms with Crippen molar-refractivity contribution in [2.24, 2.45) is 0 Å². The summed E-state index contributed by atoms with van der Waals surface area (Å²) in [4.78, 5) is 13.3. The van der Waals surface area contributed by atoms with Gasteiger partial charge in [0.25, 0.3) is 0 Å². The van der Waals surface area contributed by atoms with Gasteiger partial charge in [-0.05, 0) is 16.3 Å². The molecule has 0 saturated carbocycles. The normalized spacial score (nSPS) is 8.00. The van der Waals surface area contributed by atoms with Crippen LogP contribution in [0.15, 0.2) is 11.4 Å². The molecule has 1 amide bonds. The van der Waals surface area contributed by atoms with Gasteiger partial charge in [0.15, 0.2) is 0 Å². The Morgan fingerprint density at radius 1 is 1.69 bits per heavy atom. The van der Waals surface area contributed by atoms with Crippen molar-refractivity contribution in [1.82, 2.24) is 0 Å². The smallest absolute Gasteiger partial charge is 0.301 e. The number of anilines is 1. The molecule has 0 aliphatic rings. The summed E-state index contributed by atoms with van der Waals surface area (Å²) in [5, 5.41) is 13.4. The molecule has 0 aromatic carbocycles. The van der Waals surface area contributed by atoms with Gasteiger partial charge in [-0.1, -0.05) is 0 Å². The maximum atomic E-state index is 11.0. The van der Waals surface area contributed by atoms with Gasteiger partial charge in [0.2, 0.25) is 0 Å². The Morgan fingerprint density at radius 2 is 2.46 bits per heavy atom. The van der Waals surface area contributed by atoms with E-state index in [0.717, 1.165) is 0 Å². The summed E-state index contributed by atoms with van der Waals surface area (Å²) in [6.45, 7) is 0. The number of carbonyl (C=O) groups excluding carboxylic acids is 1. The number of hydrogen-bond donors (Lipinski definition) is 1. The van der Waals surface area contributed by atoms with Crippen LogP contribution in [0.2, 0.25) is 0 Å². The highest BCUT2D eigenvalue weighted by Crippen LogP contribution is 2.21. The first-order valence-electron chi connectivity index (χ1n) is 3.18. The van der Waals surface area contributed by atoms with E-state index in [-0.39, 0.29) is 0 Å². The van der Waals surface area contributed by atoms with E-state index < -0.39 is 5.91 Å². The third-order valence-electron chi connectivity index (χ3n) is 1.17. The Bertz CT molecular complexity index is 421.